The van der Waals surface area contributed by atoms with Crippen LogP contribution in [0.2, 0.25) is 116 Å². The van der Waals surface area contributed by atoms with Gasteiger partial charge in [0, 0.05) is 22.3 Å². The van der Waals surface area contributed by atoms with Gasteiger partial charge in [-0.15, -0.1) is 0 Å². The molecule has 1 nitrogen and oxygen atoms in total. The highest BCUT2D eigenvalue weighted by molar-refractivity contribution is 6.59. The Balaban J connectivity index is 2.10. The van der Waals surface area contributed by atoms with Crippen LogP contribution in [0.15, 0.2) is 0 Å². The van der Waals surface area contributed by atoms with E-state index in [1.807, 2.05) is 0 Å². The van der Waals surface area contributed by atoms with Crippen molar-refractivity contribution in [2.75, 3.05) is 0 Å². The van der Waals surface area contributed by atoms with Gasteiger partial charge in [-0.25, -0.2) is 0 Å². The molecule has 1 radical (unpaired) electrons. The van der Waals surface area contributed by atoms with Crippen molar-refractivity contribution in [1.82, 2.24) is 4.98 Å². The van der Waals surface area contributed by atoms with E-state index >= 15 is 0 Å². The van der Waals surface area contributed by atoms with Crippen LogP contribution >= 0.6 is 267 Å². The van der Waals surface area contributed by atoms with Gasteiger partial charge in [0.1, 0.15) is 0 Å². The molecule has 0 atom stereocenters. The monoisotopic (exact) mass is 1190 g/mol. The summed E-state index contributed by atoms with van der Waals surface area (Å²) < 4.78 is 0. The van der Waals surface area contributed by atoms with E-state index in [9.17, 15) is 0 Å². The van der Waals surface area contributed by atoms with E-state index in [2.05, 4.69) is 0 Å². The second kappa shape index (κ2) is 18.8. The quantitative estimate of drug-likeness (QED) is 0.122. The fourth-order valence-corrected chi connectivity index (χ4v) is 11.2. The van der Waals surface area contributed by atoms with E-state index < -0.39 is 5.92 Å². The van der Waals surface area contributed by atoms with Gasteiger partial charge in [-0.1, -0.05) is 267 Å². The van der Waals surface area contributed by atoms with Crippen LogP contribution in [-0.2, 0) is 0 Å². The Morgan fingerprint density at radius 1 is 0.255 bits per heavy atom. The Morgan fingerprint density at radius 2 is 0.473 bits per heavy atom. The Kier molecular flexibility index (Phi) is 16.7. The fraction of sp³-hybridized carbons (Fsp3) is 0.0323. The first-order valence-electron chi connectivity index (χ1n) is 13.4. The van der Waals surface area contributed by atoms with E-state index in [0.29, 0.717) is 0 Å². The summed E-state index contributed by atoms with van der Waals surface area (Å²) in [6, 6.07) is 0. The molecule has 291 valence electrons. The van der Waals surface area contributed by atoms with Gasteiger partial charge >= 0.3 is 0 Å². The van der Waals surface area contributed by atoms with Gasteiger partial charge in [-0.3, -0.25) is 4.98 Å². The third-order valence-electron chi connectivity index (χ3n) is 7.55. The molecule has 1 heterocycles. The molecule has 1 aromatic heterocycles. The average Bonchev–Trinajstić information content (AvgIpc) is 3.16. The first kappa shape index (κ1) is 48.7. The van der Waals surface area contributed by atoms with Crippen LogP contribution in [0, 0.1) is 5.92 Å². The van der Waals surface area contributed by atoms with Crippen molar-refractivity contribution < 1.29 is 0 Å². The van der Waals surface area contributed by atoms with E-state index in [4.69, 9.17) is 272 Å². The number of aromatic nitrogens is 1. The van der Waals surface area contributed by atoms with Crippen molar-refractivity contribution >= 4 is 267 Å². The molecule has 0 saturated carbocycles. The van der Waals surface area contributed by atoms with E-state index in [-0.39, 0.29) is 155 Å². The molecular formula is C31HCl23N. The average molecular weight is 1200 g/mol. The van der Waals surface area contributed by atoms with Crippen LogP contribution in [0.25, 0.3) is 0 Å². The normalized spacial score (nSPS) is 11.9. The maximum absolute atomic E-state index is 6.99. The maximum Gasteiger partial charge on any atom is 0.0895 e. The Bertz CT molecular complexity index is 2070. The molecule has 0 saturated heterocycles. The first-order valence-corrected chi connectivity index (χ1v) is 22.1. The second-order valence-electron chi connectivity index (χ2n) is 10.5. The summed E-state index contributed by atoms with van der Waals surface area (Å²) in [5.41, 5.74) is -1.31. The van der Waals surface area contributed by atoms with Gasteiger partial charge in [-0.2, -0.15) is 0 Å². The van der Waals surface area contributed by atoms with E-state index in [0.717, 1.165) is 0 Å². The first-order chi connectivity index (χ1) is 25.4. The van der Waals surface area contributed by atoms with Gasteiger partial charge < -0.3 is 0 Å². The van der Waals surface area contributed by atoms with Gasteiger partial charge in [0.05, 0.1) is 139 Å². The lowest BCUT2D eigenvalue weighted by atomic mass is 9.85. The van der Waals surface area contributed by atoms with Crippen LogP contribution < -0.4 is 0 Å². The minimum atomic E-state index is -1.56. The van der Waals surface area contributed by atoms with Gasteiger partial charge in [0.2, 0.25) is 0 Å². The lowest BCUT2D eigenvalue weighted by Crippen LogP contribution is -2.17. The highest BCUT2D eigenvalue weighted by Crippen LogP contribution is 2.59. The number of halogens is 23. The zero-order valence-corrected chi connectivity index (χ0v) is 42.1. The van der Waals surface area contributed by atoms with Crippen LogP contribution in [0.3, 0.4) is 0 Å². The number of hydrogen-bond acceptors (Lipinski definition) is 1. The van der Waals surface area contributed by atoms with Crippen LogP contribution in [0.1, 0.15) is 39.6 Å². The molecule has 0 amide bonds. The number of pyridine rings is 1. The lowest BCUT2D eigenvalue weighted by Gasteiger charge is -2.29. The van der Waals surface area contributed by atoms with E-state index in [1.165, 1.54) is 0 Å². The third kappa shape index (κ3) is 8.33. The molecule has 0 N–H and O–H groups in total. The summed E-state index contributed by atoms with van der Waals surface area (Å²) >= 11 is 154. The molecule has 0 aliphatic rings. The summed E-state index contributed by atoms with van der Waals surface area (Å²) in [5.74, 6) is -1.81. The van der Waals surface area contributed by atoms with Gasteiger partial charge in [0.15, 0.2) is 0 Å². The molecule has 24 heteroatoms. The van der Waals surface area contributed by atoms with Crippen molar-refractivity contribution in [3.63, 3.8) is 0 Å². The Hall–Kier alpha value is 2.70. The molecule has 5 aromatic rings. The molecule has 0 aliphatic heterocycles. The number of rotatable bonds is 6. The Morgan fingerprint density at radius 3 is 0.745 bits per heavy atom. The largest absolute Gasteiger partial charge is 0.252 e. The summed E-state index contributed by atoms with van der Waals surface area (Å²) in [5, 5.41) is -6.42. The standard InChI is InChI=1S/C31HCl23N/c32-7-3(8(33)16(41)23(48)15(7)40)1(4-9(34)17(42)24(49)18(43)10(4)35)30-28(53)27(52)29(54)31(55-30)2(5-11(36)19(44)25(50)20(45)12(5)37)6-13(38)21(46)26(51)22(47)14(6)39/h1H. The lowest BCUT2D eigenvalue weighted by molar-refractivity contribution is 0.902. The third-order valence-corrected chi connectivity index (χ3v) is 18.0. The summed E-state index contributed by atoms with van der Waals surface area (Å²) in [6.45, 7) is 0. The highest BCUT2D eigenvalue weighted by Gasteiger charge is 2.41. The smallest absolute Gasteiger partial charge is 0.0895 e. The molecule has 4 aromatic carbocycles. The van der Waals surface area contributed by atoms with Crippen molar-refractivity contribution in [2.24, 2.45) is 0 Å². The topological polar surface area (TPSA) is 12.9 Å². The van der Waals surface area contributed by atoms with Crippen molar-refractivity contribution in [1.29, 1.82) is 0 Å². The summed E-state index contributed by atoms with van der Waals surface area (Å²) in [7, 11) is 0. The molecule has 0 aliphatic carbocycles. The highest BCUT2D eigenvalue weighted by atomic mass is 35.5. The minimum absolute atomic E-state index is 0.136. The number of benzene rings is 4. The molecule has 0 bridgehead atoms. The molecule has 0 fully saturated rings. The predicted octanol–water partition coefficient (Wildman–Crippen LogP) is 22.3. The van der Waals surface area contributed by atoms with E-state index in [1.54, 1.807) is 0 Å². The minimum Gasteiger partial charge on any atom is -0.252 e. The van der Waals surface area contributed by atoms with Crippen molar-refractivity contribution in [2.45, 2.75) is 5.92 Å². The molecule has 0 unspecified atom stereocenters. The SMILES string of the molecule is Clc1c([C](c2c(Cl)c(Cl)c(Cl)c(Cl)c2Cl)c2c(Cl)c(Cl)c(Cl)c(Cl)c2Cl)nc(C(c2c(Cl)c(Cl)c(Cl)c(Cl)c2Cl)c2c(Cl)c(Cl)c(Cl)c(Cl)c2Cl)c(Cl)c1Cl. The maximum atomic E-state index is 6.99. The van der Waals surface area contributed by atoms with Crippen LogP contribution in [0.5, 0.6) is 0 Å². The number of nitrogens with zero attached hydrogens (tertiary/aromatic N) is 1. The molecule has 55 heavy (non-hydrogen) atoms. The summed E-state index contributed by atoms with van der Waals surface area (Å²) in [4.78, 5) is 4.86. The molecule has 0 spiro atoms. The van der Waals surface area contributed by atoms with Crippen molar-refractivity contribution in [3.05, 3.63) is 155 Å². The van der Waals surface area contributed by atoms with Gasteiger partial charge in [-0.05, 0) is 0 Å². The molecular weight excluding hydrogens is 1200 g/mol. The predicted molar refractivity (Wildman–Crippen MR) is 247 cm³/mol. The summed E-state index contributed by atoms with van der Waals surface area (Å²) in [6.07, 6.45) is 0. The van der Waals surface area contributed by atoms with Crippen molar-refractivity contribution in [3.8, 4) is 0 Å². The Labute approximate surface area is 427 Å². The number of hydrogen-bond donors (Lipinski definition) is 0. The molecule has 5 rings (SSSR count). The van der Waals surface area contributed by atoms with Gasteiger partial charge in [0.25, 0.3) is 0 Å². The fourth-order valence-electron chi connectivity index (χ4n) is 5.07. The van der Waals surface area contributed by atoms with Crippen LogP contribution in [0.4, 0.5) is 0 Å². The second-order valence-corrected chi connectivity index (χ2v) is 19.1. The zero-order valence-electron chi connectivity index (χ0n) is 24.7. The van der Waals surface area contributed by atoms with Crippen LogP contribution in [-0.4, -0.2) is 4.98 Å². The zero-order chi connectivity index (χ0) is 41.6.